The molecule has 1 saturated heterocycles. The Morgan fingerprint density at radius 2 is 1.74 bits per heavy atom. The first-order valence-electron chi connectivity index (χ1n) is 9.82. The lowest BCUT2D eigenvalue weighted by molar-refractivity contribution is -0.146. The van der Waals surface area contributed by atoms with Crippen molar-refractivity contribution in [3.05, 3.63) is 0 Å². The summed E-state index contributed by atoms with van der Waals surface area (Å²) in [4.78, 5) is 32.0. The molecule has 0 aromatic heterocycles. The van der Waals surface area contributed by atoms with E-state index in [2.05, 4.69) is 15.2 Å². The SMILES string of the molecule is COC(=O)C1CCN(C(=NCC(=O)N(C)C)NCC2CCCCC2)CC1.I. The van der Waals surface area contributed by atoms with E-state index in [1.165, 1.54) is 39.2 Å². The van der Waals surface area contributed by atoms with E-state index in [0.717, 1.165) is 38.4 Å². The average molecular weight is 494 g/mol. The maximum atomic E-state index is 11.9. The molecule has 0 aromatic rings. The molecule has 27 heavy (non-hydrogen) atoms. The second kappa shape index (κ2) is 12.4. The van der Waals surface area contributed by atoms with Gasteiger partial charge >= 0.3 is 5.97 Å². The number of hydrogen-bond donors (Lipinski definition) is 1. The summed E-state index contributed by atoms with van der Waals surface area (Å²) in [6.07, 6.45) is 8.01. The molecule has 156 valence electrons. The van der Waals surface area contributed by atoms with Crippen molar-refractivity contribution in [2.75, 3.05) is 47.4 Å². The van der Waals surface area contributed by atoms with E-state index in [1.807, 2.05) is 0 Å². The van der Waals surface area contributed by atoms with Crippen molar-refractivity contribution in [2.24, 2.45) is 16.8 Å². The summed E-state index contributed by atoms with van der Waals surface area (Å²) in [7, 11) is 4.93. The van der Waals surface area contributed by atoms with E-state index in [0.29, 0.717) is 5.92 Å². The van der Waals surface area contributed by atoms with Crippen LogP contribution in [0.4, 0.5) is 0 Å². The normalized spacial score (nSPS) is 19.2. The van der Waals surface area contributed by atoms with Crippen LogP contribution in [0.5, 0.6) is 0 Å². The fourth-order valence-corrected chi connectivity index (χ4v) is 3.67. The summed E-state index contributed by atoms with van der Waals surface area (Å²) in [5, 5.41) is 3.50. The number of nitrogens with one attached hydrogen (secondary N) is 1. The van der Waals surface area contributed by atoms with Crippen molar-refractivity contribution in [1.29, 1.82) is 0 Å². The minimum Gasteiger partial charge on any atom is -0.469 e. The largest absolute Gasteiger partial charge is 0.469 e. The molecule has 1 amide bonds. The van der Waals surface area contributed by atoms with Gasteiger partial charge < -0.3 is 19.9 Å². The highest BCUT2D eigenvalue weighted by atomic mass is 127. The number of likely N-dealkylation sites (N-methyl/N-ethyl adjacent to an activating group) is 1. The van der Waals surface area contributed by atoms with Gasteiger partial charge in [0.15, 0.2) is 5.96 Å². The number of halogens is 1. The van der Waals surface area contributed by atoms with Crippen molar-refractivity contribution in [2.45, 2.75) is 44.9 Å². The summed E-state index contributed by atoms with van der Waals surface area (Å²) < 4.78 is 4.86. The van der Waals surface area contributed by atoms with Crippen molar-refractivity contribution in [3.63, 3.8) is 0 Å². The first-order chi connectivity index (χ1) is 12.5. The van der Waals surface area contributed by atoms with Crippen LogP contribution in [0.25, 0.3) is 0 Å². The third-order valence-corrected chi connectivity index (χ3v) is 5.47. The molecule has 1 saturated carbocycles. The fourth-order valence-electron chi connectivity index (χ4n) is 3.67. The number of piperidine rings is 1. The van der Waals surface area contributed by atoms with Crippen LogP contribution in [-0.4, -0.2) is 75.0 Å². The van der Waals surface area contributed by atoms with Gasteiger partial charge in [0.25, 0.3) is 0 Å². The highest BCUT2D eigenvalue weighted by Gasteiger charge is 2.27. The van der Waals surface area contributed by atoms with Crippen molar-refractivity contribution < 1.29 is 14.3 Å². The van der Waals surface area contributed by atoms with Crippen LogP contribution in [0.2, 0.25) is 0 Å². The Labute approximate surface area is 180 Å². The number of nitrogens with zero attached hydrogens (tertiary/aromatic N) is 3. The molecule has 1 heterocycles. The number of likely N-dealkylation sites (tertiary alicyclic amines) is 1. The molecule has 0 radical (unpaired) electrons. The summed E-state index contributed by atoms with van der Waals surface area (Å²) in [6.45, 7) is 2.57. The number of methoxy groups -OCH3 is 1. The molecule has 8 heteroatoms. The van der Waals surface area contributed by atoms with Crippen LogP contribution in [0.1, 0.15) is 44.9 Å². The number of amides is 1. The molecule has 0 atom stereocenters. The molecular weight excluding hydrogens is 459 g/mol. The Morgan fingerprint density at radius 3 is 2.30 bits per heavy atom. The number of hydrogen-bond acceptors (Lipinski definition) is 4. The highest BCUT2D eigenvalue weighted by Crippen LogP contribution is 2.23. The first-order valence-corrected chi connectivity index (χ1v) is 9.82. The van der Waals surface area contributed by atoms with Gasteiger partial charge in [0.2, 0.25) is 5.91 Å². The zero-order valence-electron chi connectivity index (χ0n) is 16.9. The standard InChI is InChI=1S/C19H34N4O3.HI/c1-22(2)17(24)14-21-19(20-13-15-7-5-4-6-8-15)23-11-9-16(10-12-23)18(25)26-3;/h15-16H,4-14H2,1-3H3,(H,20,21);1H. The van der Waals surface area contributed by atoms with Gasteiger partial charge in [-0.3, -0.25) is 9.59 Å². The van der Waals surface area contributed by atoms with E-state index >= 15 is 0 Å². The fraction of sp³-hybridized carbons (Fsp3) is 0.842. The Morgan fingerprint density at radius 1 is 1.11 bits per heavy atom. The summed E-state index contributed by atoms with van der Waals surface area (Å²) in [6, 6.07) is 0. The van der Waals surface area contributed by atoms with Gasteiger partial charge in [0.05, 0.1) is 13.0 Å². The molecule has 2 aliphatic rings. The molecule has 0 unspecified atom stereocenters. The molecule has 0 bridgehead atoms. The Hall–Kier alpha value is -1.06. The number of guanidine groups is 1. The molecule has 2 fully saturated rings. The topological polar surface area (TPSA) is 74.2 Å². The van der Waals surface area contributed by atoms with Crippen molar-refractivity contribution in [3.8, 4) is 0 Å². The zero-order valence-corrected chi connectivity index (χ0v) is 19.2. The van der Waals surface area contributed by atoms with Crippen LogP contribution in [0, 0.1) is 11.8 Å². The van der Waals surface area contributed by atoms with Crippen LogP contribution in [-0.2, 0) is 14.3 Å². The lowest BCUT2D eigenvalue weighted by Gasteiger charge is -2.34. The quantitative estimate of drug-likeness (QED) is 0.274. The Bertz CT molecular complexity index is 499. The summed E-state index contributed by atoms with van der Waals surface area (Å²) >= 11 is 0. The second-order valence-electron chi connectivity index (χ2n) is 7.60. The number of ether oxygens (including phenoxy) is 1. The smallest absolute Gasteiger partial charge is 0.308 e. The highest BCUT2D eigenvalue weighted by molar-refractivity contribution is 14.0. The molecule has 2 rings (SSSR count). The minimum absolute atomic E-state index is 0. The van der Waals surface area contributed by atoms with E-state index in [-0.39, 0.29) is 48.3 Å². The molecule has 0 aromatic carbocycles. The third-order valence-electron chi connectivity index (χ3n) is 5.47. The van der Waals surface area contributed by atoms with Crippen molar-refractivity contribution in [1.82, 2.24) is 15.1 Å². The van der Waals surface area contributed by atoms with E-state index in [4.69, 9.17) is 4.74 Å². The molecule has 7 nitrogen and oxygen atoms in total. The molecular formula is C19H35IN4O3. The second-order valence-corrected chi connectivity index (χ2v) is 7.60. The molecule has 0 spiro atoms. The number of rotatable bonds is 5. The predicted molar refractivity (Wildman–Crippen MR) is 117 cm³/mol. The van der Waals surface area contributed by atoms with Crippen LogP contribution in [0.3, 0.4) is 0 Å². The molecule has 1 N–H and O–H groups in total. The van der Waals surface area contributed by atoms with Crippen LogP contribution >= 0.6 is 24.0 Å². The van der Waals surface area contributed by atoms with Crippen LogP contribution in [0.15, 0.2) is 4.99 Å². The molecule has 1 aliphatic heterocycles. The van der Waals surface area contributed by atoms with E-state index in [9.17, 15) is 9.59 Å². The lowest BCUT2D eigenvalue weighted by atomic mass is 9.89. The number of aliphatic imine (C=N–C) groups is 1. The predicted octanol–water partition coefficient (Wildman–Crippen LogP) is 2.10. The molecule has 1 aliphatic carbocycles. The Kier molecular flexibility index (Phi) is 11.0. The van der Waals surface area contributed by atoms with Gasteiger partial charge in [0, 0.05) is 33.7 Å². The maximum Gasteiger partial charge on any atom is 0.308 e. The van der Waals surface area contributed by atoms with Crippen LogP contribution < -0.4 is 5.32 Å². The summed E-state index contributed by atoms with van der Waals surface area (Å²) in [5.74, 6) is 1.33. The lowest BCUT2D eigenvalue weighted by Crippen LogP contribution is -2.48. The zero-order chi connectivity index (χ0) is 18.9. The van der Waals surface area contributed by atoms with Gasteiger partial charge in [-0.05, 0) is 31.6 Å². The first kappa shape index (κ1) is 24.0. The summed E-state index contributed by atoms with van der Waals surface area (Å²) in [5.41, 5.74) is 0. The number of esters is 1. The number of carbonyl (C=O) groups excluding carboxylic acids is 2. The maximum absolute atomic E-state index is 11.9. The van der Waals surface area contributed by atoms with E-state index in [1.54, 1.807) is 19.0 Å². The van der Waals surface area contributed by atoms with Gasteiger partial charge in [-0.15, -0.1) is 24.0 Å². The van der Waals surface area contributed by atoms with Gasteiger partial charge in [0.1, 0.15) is 6.54 Å². The van der Waals surface area contributed by atoms with Gasteiger partial charge in [-0.1, -0.05) is 19.3 Å². The Balaban J connectivity index is 0.00000364. The monoisotopic (exact) mass is 494 g/mol. The van der Waals surface area contributed by atoms with Gasteiger partial charge in [-0.2, -0.15) is 0 Å². The van der Waals surface area contributed by atoms with Gasteiger partial charge in [-0.25, -0.2) is 4.99 Å². The third kappa shape index (κ3) is 7.83. The minimum atomic E-state index is -0.124. The number of carbonyl (C=O) groups is 2. The van der Waals surface area contributed by atoms with Crippen molar-refractivity contribution >= 4 is 41.8 Å². The average Bonchev–Trinajstić information content (AvgIpc) is 2.68. The van der Waals surface area contributed by atoms with E-state index < -0.39 is 0 Å².